The number of nitrogens with one attached hydrogen (secondary N) is 1. The van der Waals surface area contributed by atoms with Crippen LogP contribution in [-0.4, -0.2) is 24.3 Å². The van der Waals surface area contributed by atoms with Crippen molar-refractivity contribution in [3.05, 3.63) is 0 Å². The average molecular weight is 227 g/mol. The summed E-state index contributed by atoms with van der Waals surface area (Å²) in [6, 6.07) is 0.663. The Balaban J connectivity index is 2.36. The molecule has 0 aromatic carbocycles. The van der Waals surface area contributed by atoms with E-state index in [0.29, 0.717) is 6.04 Å². The molecule has 96 valence electrons. The fourth-order valence-corrected chi connectivity index (χ4v) is 2.80. The average Bonchev–Trinajstić information content (AvgIpc) is 2.25. The molecule has 2 N–H and O–H groups in total. The zero-order valence-corrected chi connectivity index (χ0v) is 11.4. The topological polar surface area (TPSA) is 32.3 Å². The van der Waals surface area contributed by atoms with Gasteiger partial charge in [0.2, 0.25) is 0 Å². The van der Waals surface area contributed by atoms with Crippen molar-refractivity contribution in [1.82, 2.24) is 5.32 Å². The van der Waals surface area contributed by atoms with Crippen molar-refractivity contribution in [2.24, 2.45) is 17.3 Å². The van der Waals surface area contributed by atoms with Gasteiger partial charge in [-0.3, -0.25) is 0 Å². The van der Waals surface area contributed by atoms with E-state index in [-0.39, 0.29) is 12.0 Å². The molecule has 0 radical (unpaired) electrons. The lowest BCUT2D eigenvalue weighted by molar-refractivity contribution is 0.123. The molecule has 0 aromatic rings. The lowest BCUT2D eigenvalue weighted by atomic mass is 9.79. The van der Waals surface area contributed by atoms with Gasteiger partial charge in [-0.1, -0.05) is 27.7 Å². The maximum Gasteiger partial charge on any atom is 0.0496 e. The van der Waals surface area contributed by atoms with Gasteiger partial charge in [0.1, 0.15) is 0 Å². The van der Waals surface area contributed by atoms with Crippen LogP contribution in [0.5, 0.6) is 0 Å². The Morgan fingerprint density at radius 2 is 1.75 bits per heavy atom. The molecule has 0 bridgehead atoms. The second kappa shape index (κ2) is 6.02. The number of hydrogen-bond donors (Lipinski definition) is 2. The van der Waals surface area contributed by atoms with Crippen molar-refractivity contribution < 1.29 is 5.11 Å². The monoisotopic (exact) mass is 227 g/mol. The quantitative estimate of drug-likeness (QED) is 0.757. The van der Waals surface area contributed by atoms with E-state index >= 15 is 0 Å². The Kier molecular flexibility index (Phi) is 5.26. The third-order valence-corrected chi connectivity index (χ3v) is 4.23. The van der Waals surface area contributed by atoms with E-state index in [0.717, 1.165) is 24.8 Å². The molecule has 2 heteroatoms. The van der Waals surface area contributed by atoms with Gasteiger partial charge in [-0.15, -0.1) is 0 Å². The maximum absolute atomic E-state index is 9.38. The standard InChI is InChI=1S/C14H29NO/c1-5-14(4,10-16)9-15-13-7-11(2)6-12(3)8-13/h11-13,15-16H,5-10H2,1-4H3. The van der Waals surface area contributed by atoms with Gasteiger partial charge < -0.3 is 10.4 Å². The lowest BCUT2D eigenvalue weighted by Crippen LogP contribution is -2.43. The minimum absolute atomic E-state index is 0.0594. The van der Waals surface area contributed by atoms with E-state index in [4.69, 9.17) is 0 Å². The smallest absolute Gasteiger partial charge is 0.0496 e. The summed E-state index contributed by atoms with van der Waals surface area (Å²) in [5.74, 6) is 1.70. The van der Waals surface area contributed by atoms with Crippen molar-refractivity contribution in [3.8, 4) is 0 Å². The predicted molar refractivity (Wildman–Crippen MR) is 69.5 cm³/mol. The molecule has 0 saturated heterocycles. The molecular formula is C14H29NO. The van der Waals surface area contributed by atoms with E-state index in [1.165, 1.54) is 19.3 Å². The fourth-order valence-electron chi connectivity index (χ4n) is 2.80. The highest BCUT2D eigenvalue weighted by atomic mass is 16.3. The Bertz CT molecular complexity index is 191. The summed E-state index contributed by atoms with van der Waals surface area (Å²) in [5.41, 5.74) is 0.0594. The van der Waals surface area contributed by atoms with E-state index < -0.39 is 0 Å². The van der Waals surface area contributed by atoms with Gasteiger partial charge in [0.25, 0.3) is 0 Å². The van der Waals surface area contributed by atoms with Gasteiger partial charge >= 0.3 is 0 Å². The Morgan fingerprint density at radius 1 is 1.19 bits per heavy atom. The summed E-state index contributed by atoms with van der Waals surface area (Å²) in [6.07, 6.45) is 5.02. The Morgan fingerprint density at radius 3 is 2.19 bits per heavy atom. The summed E-state index contributed by atoms with van der Waals surface area (Å²) in [5, 5.41) is 13.0. The number of hydrogen-bond acceptors (Lipinski definition) is 2. The summed E-state index contributed by atoms with van der Waals surface area (Å²) < 4.78 is 0. The van der Waals surface area contributed by atoms with Crippen molar-refractivity contribution in [1.29, 1.82) is 0 Å². The van der Waals surface area contributed by atoms with Crippen LogP contribution in [0, 0.1) is 17.3 Å². The van der Waals surface area contributed by atoms with Crippen LogP contribution in [0.3, 0.4) is 0 Å². The van der Waals surface area contributed by atoms with Crippen molar-refractivity contribution in [2.75, 3.05) is 13.2 Å². The Hall–Kier alpha value is -0.0800. The van der Waals surface area contributed by atoms with E-state index in [2.05, 4.69) is 33.0 Å². The second-order valence-electron chi connectivity index (χ2n) is 6.32. The van der Waals surface area contributed by atoms with Crippen LogP contribution in [0.4, 0.5) is 0 Å². The zero-order chi connectivity index (χ0) is 12.2. The van der Waals surface area contributed by atoms with E-state index in [1.54, 1.807) is 0 Å². The minimum Gasteiger partial charge on any atom is -0.396 e. The molecule has 1 fully saturated rings. The van der Waals surface area contributed by atoms with Gasteiger partial charge in [-0.25, -0.2) is 0 Å². The number of rotatable bonds is 5. The van der Waals surface area contributed by atoms with Crippen molar-refractivity contribution in [2.45, 2.75) is 59.4 Å². The van der Waals surface area contributed by atoms with Crippen LogP contribution >= 0.6 is 0 Å². The summed E-state index contributed by atoms with van der Waals surface area (Å²) in [6.45, 7) is 10.3. The SMILES string of the molecule is CCC(C)(CO)CNC1CC(C)CC(C)C1. The van der Waals surface area contributed by atoms with Gasteiger partial charge in [-0.05, 0) is 37.5 Å². The summed E-state index contributed by atoms with van der Waals surface area (Å²) in [7, 11) is 0. The van der Waals surface area contributed by atoms with Gasteiger partial charge in [0.15, 0.2) is 0 Å². The van der Waals surface area contributed by atoms with Crippen LogP contribution in [0.25, 0.3) is 0 Å². The molecule has 3 unspecified atom stereocenters. The molecule has 1 saturated carbocycles. The molecule has 0 aromatic heterocycles. The first-order chi connectivity index (χ1) is 7.49. The normalized spacial score (nSPS) is 34.7. The maximum atomic E-state index is 9.38. The first-order valence-corrected chi connectivity index (χ1v) is 6.83. The van der Waals surface area contributed by atoms with E-state index in [1.807, 2.05) is 0 Å². The molecule has 16 heavy (non-hydrogen) atoms. The van der Waals surface area contributed by atoms with Gasteiger partial charge in [0, 0.05) is 24.6 Å². The second-order valence-corrected chi connectivity index (χ2v) is 6.32. The van der Waals surface area contributed by atoms with E-state index in [9.17, 15) is 5.11 Å². The van der Waals surface area contributed by atoms with Crippen molar-refractivity contribution in [3.63, 3.8) is 0 Å². The molecule has 0 aliphatic heterocycles. The van der Waals surface area contributed by atoms with Crippen LogP contribution < -0.4 is 5.32 Å². The molecule has 1 rings (SSSR count). The molecule has 2 nitrogen and oxygen atoms in total. The zero-order valence-electron chi connectivity index (χ0n) is 11.4. The Labute approximate surface area is 101 Å². The molecule has 1 aliphatic carbocycles. The summed E-state index contributed by atoms with van der Waals surface area (Å²) in [4.78, 5) is 0. The molecular weight excluding hydrogens is 198 g/mol. The molecule has 3 atom stereocenters. The highest BCUT2D eigenvalue weighted by molar-refractivity contribution is 4.83. The minimum atomic E-state index is 0.0594. The number of aliphatic hydroxyl groups is 1. The van der Waals surface area contributed by atoms with Crippen molar-refractivity contribution >= 4 is 0 Å². The van der Waals surface area contributed by atoms with Crippen LogP contribution in [-0.2, 0) is 0 Å². The molecule has 0 spiro atoms. The van der Waals surface area contributed by atoms with Gasteiger partial charge in [0.05, 0.1) is 0 Å². The highest BCUT2D eigenvalue weighted by Crippen LogP contribution is 2.29. The highest BCUT2D eigenvalue weighted by Gasteiger charge is 2.26. The fraction of sp³-hybridized carbons (Fsp3) is 1.00. The van der Waals surface area contributed by atoms with Gasteiger partial charge in [-0.2, -0.15) is 0 Å². The predicted octanol–water partition coefficient (Wildman–Crippen LogP) is 2.81. The molecule has 0 heterocycles. The van der Waals surface area contributed by atoms with Crippen LogP contribution in [0.15, 0.2) is 0 Å². The first kappa shape index (κ1) is 14.0. The van der Waals surface area contributed by atoms with Crippen LogP contribution in [0.1, 0.15) is 53.4 Å². The van der Waals surface area contributed by atoms with Crippen LogP contribution in [0.2, 0.25) is 0 Å². The molecule has 1 aliphatic rings. The third kappa shape index (κ3) is 4.06. The number of aliphatic hydroxyl groups excluding tert-OH is 1. The first-order valence-electron chi connectivity index (χ1n) is 6.83. The lowest BCUT2D eigenvalue weighted by Gasteiger charge is -2.35. The largest absolute Gasteiger partial charge is 0.396 e. The third-order valence-electron chi connectivity index (χ3n) is 4.23. The molecule has 0 amide bonds. The summed E-state index contributed by atoms with van der Waals surface area (Å²) >= 11 is 0.